The summed E-state index contributed by atoms with van der Waals surface area (Å²) in [5.41, 5.74) is 0.674. The minimum atomic E-state index is -3.64. The number of anilines is 1. The number of hydrogen-bond acceptors (Lipinski definition) is 9. The molecule has 1 aromatic heterocycles. The van der Waals surface area contributed by atoms with Gasteiger partial charge in [-0.2, -0.15) is 4.31 Å². The van der Waals surface area contributed by atoms with Gasteiger partial charge in [-0.3, -0.25) is 14.6 Å². The number of ether oxygens (including phenoxy) is 1. The first-order valence-electron chi connectivity index (χ1n) is 13.5. The van der Waals surface area contributed by atoms with Gasteiger partial charge in [-0.05, 0) is 49.2 Å². The molecular weight excluding hydrogens is 573 g/mol. The molecular formula is C27H34N4O6S3. The summed E-state index contributed by atoms with van der Waals surface area (Å²) in [5.74, 6) is -0.327. The van der Waals surface area contributed by atoms with Crippen molar-refractivity contribution in [2.45, 2.75) is 35.5 Å². The molecule has 3 aromatic rings. The Morgan fingerprint density at radius 1 is 0.950 bits per heavy atom. The fourth-order valence-electron chi connectivity index (χ4n) is 5.03. The molecule has 0 unspecified atom stereocenters. The Bertz CT molecular complexity index is 1560. The van der Waals surface area contributed by atoms with Gasteiger partial charge < -0.3 is 4.74 Å². The number of aromatic nitrogens is 1. The quantitative estimate of drug-likeness (QED) is 0.384. The highest BCUT2D eigenvalue weighted by atomic mass is 32.2. The van der Waals surface area contributed by atoms with Crippen LogP contribution >= 0.6 is 11.3 Å². The van der Waals surface area contributed by atoms with E-state index in [1.807, 2.05) is 0 Å². The zero-order chi connectivity index (χ0) is 28.3. The summed E-state index contributed by atoms with van der Waals surface area (Å²) in [4.78, 5) is 22.5. The standard InChI is InChI=1S/C27H34N4O6S3/c1-39(33,34)24-8-6-7-23-25(24)28-27(38-23)31(16-15-29-17-19-37-20-18-29)26(32)21-9-11-22(12-10-21)40(35,36)30-13-4-2-3-5-14-30/h6-12H,2-5,13-20H2,1H3. The Balaban J connectivity index is 1.45. The molecule has 13 heteroatoms. The van der Waals surface area contributed by atoms with E-state index in [0.717, 1.165) is 45.0 Å². The van der Waals surface area contributed by atoms with Crippen molar-refractivity contribution < 1.29 is 26.4 Å². The third-order valence-electron chi connectivity index (χ3n) is 7.29. The lowest BCUT2D eigenvalue weighted by Gasteiger charge is -2.29. The summed E-state index contributed by atoms with van der Waals surface area (Å²) in [6, 6.07) is 11.1. The molecule has 0 atom stereocenters. The molecule has 0 saturated carbocycles. The number of para-hydroxylation sites is 1. The first kappa shape index (κ1) is 29.1. The van der Waals surface area contributed by atoms with Crippen molar-refractivity contribution in [3.63, 3.8) is 0 Å². The van der Waals surface area contributed by atoms with Crippen LogP contribution in [0.15, 0.2) is 52.3 Å². The lowest BCUT2D eigenvalue weighted by Crippen LogP contribution is -2.43. The Hall–Kier alpha value is -2.42. The maximum absolute atomic E-state index is 13.9. The highest BCUT2D eigenvalue weighted by molar-refractivity contribution is 7.91. The fourth-order valence-corrected chi connectivity index (χ4v) is 8.46. The van der Waals surface area contributed by atoms with Crippen molar-refractivity contribution in [1.29, 1.82) is 0 Å². The summed E-state index contributed by atoms with van der Waals surface area (Å²) >= 11 is 1.26. The van der Waals surface area contributed by atoms with Crippen LogP contribution in [0.5, 0.6) is 0 Å². The zero-order valence-electron chi connectivity index (χ0n) is 22.5. The minimum Gasteiger partial charge on any atom is -0.379 e. The summed E-state index contributed by atoms with van der Waals surface area (Å²) < 4.78 is 58.8. The van der Waals surface area contributed by atoms with Gasteiger partial charge in [-0.1, -0.05) is 30.2 Å². The normalized spacial score (nSPS) is 18.0. The topological polar surface area (TPSA) is 117 Å². The Labute approximate surface area is 239 Å². The third kappa shape index (κ3) is 6.39. The predicted molar refractivity (Wildman–Crippen MR) is 155 cm³/mol. The van der Waals surface area contributed by atoms with Crippen LogP contribution < -0.4 is 4.90 Å². The average molecular weight is 607 g/mol. The molecule has 3 heterocycles. The number of rotatable bonds is 8. The number of carbonyl (C=O) groups is 1. The van der Waals surface area contributed by atoms with Crippen LogP contribution in [-0.4, -0.2) is 95.7 Å². The molecule has 2 aromatic carbocycles. The predicted octanol–water partition coefficient (Wildman–Crippen LogP) is 3.24. The number of benzene rings is 2. The molecule has 0 aliphatic carbocycles. The van der Waals surface area contributed by atoms with Crippen molar-refractivity contribution >= 4 is 52.5 Å². The van der Waals surface area contributed by atoms with E-state index in [2.05, 4.69) is 9.88 Å². The van der Waals surface area contributed by atoms with Gasteiger partial charge in [-0.25, -0.2) is 21.8 Å². The van der Waals surface area contributed by atoms with Crippen LogP contribution in [0.3, 0.4) is 0 Å². The third-order valence-corrected chi connectivity index (χ3v) is 11.4. The van der Waals surface area contributed by atoms with E-state index in [1.165, 1.54) is 33.8 Å². The number of carbonyl (C=O) groups excluding carboxylic acids is 1. The van der Waals surface area contributed by atoms with Gasteiger partial charge >= 0.3 is 0 Å². The van der Waals surface area contributed by atoms with E-state index in [0.29, 0.717) is 60.3 Å². The molecule has 2 fully saturated rings. The molecule has 0 bridgehead atoms. The molecule has 40 heavy (non-hydrogen) atoms. The number of morpholine rings is 1. The molecule has 2 aliphatic heterocycles. The van der Waals surface area contributed by atoms with Crippen LogP contribution in [0, 0.1) is 0 Å². The van der Waals surface area contributed by atoms with Crippen molar-refractivity contribution in [3.05, 3.63) is 48.0 Å². The summed E-state index contributed by atoms with van der Waals surface area (Å²) in [5, 5.41) is 0.394. The number of fused-ring (bicyclic) bond motifs is 1. The van der Waals surface area contributed by atoms with E-state index in [1.54, 1.807) is 29.2 Å². The van der Waals surface area contributed by atoms with Crippen LogP contribution in [0.4, 0.5) is 5.13 Å². The molecule has 10 nitrogen and oxygen atoms in total. The maximum atomic E-state index is 13.9. The zero-order valence-corrected chi connectivity index (χ0v) is 24.9. The highest BCUT2D eigenvalue weighted by Crippen LogP contribution is 2.33. The number of thiazole rings is 1. The largest absolute Gasteiger partial charge is 0.379 e. The van der Waals surface area contributed by atoms with Gasteiger partial charge in [0, 0.05) is 51.1 Å². The van der Waals surface area contributed by atoms with Crippen LogP contribution in [0.2, 0.25) is 0 Å². The smallest absolute Gasteiger partial charge is 0.260 e. The lowest BCUT2D eigenvalue weighted by atomic mass is 10.2. The summed E-state index contributed by atoms with van der Waals surface area (Å²) in [7, 11) is -7.15. The molecule has 0 spiro atoms. The van der Waals surface area contributed by atoms with Crippen LogP contribution in [-0.2, 0) is 24.6 Å². The SMILES string of the molecule is CS(=O)(=O)c1cccc2sc(N(CCN3CCOCC3)C(=O)c3ccc(S(=O)(=O)N4CCCCCC4)cc3)nc12. The molecule has 2 saturated heterocycles. The molecule has 2 aliphatic rings. The van der Waals surface area contributed by atoms with E-state index >= 15 is 0 Å². The van der Waals surface area contributed by atoms with Gasteiger partial charge in [0.2, 0.25) is 10.0 Å². The Morgan fingerprint density at radius 2 is 1.62 bits per heavy atom. The Kier molecular flexibility index (Phi) is 8.88. The van der Waals surface area contributed by atoms with Gasteiger partial charge in [0.25, 0.3) is 5.91 Å². The highest BCUT2D eigenvalue weighted by Gasteiger charge is 2.27. The second-order valence-electron chi connectivity index (χ2n) is 10.1. The Morgan fingerprint density at radius 3 is 2.27 bits per heavy atom. The molecule has 5 rings (SSSR count). The second-order valence-corrected chi connectivity index (χ2v) is 15.1. The first-order chi connectivity index (χ1) is 19.1. The van der Waals surface area contributed by atoms with Crippen LogP contribution in [0.1, 0.15) is 36.0 Å². The number of sulfone groups is 1. The number of nitrogens with zero attached hydrogens (tertiary/aromatic N) is 4. The molecule has 0 N–H and O–H groups in total. The molecule has 1 amide bonds. The summed E-state index contributed by atoms with van der Waals surface area (Å²) in [6.07, 6.45) is 4.88. The van der Waals surface area contributed by atoms with Crippen LogP contribution in [0.25, 0.3) is 10.2 Å². The van der Waals surface area contributed by atoms with Gasteiger partial charge in [-0.15, -0.1) is 0 Å². The van der Waals surface area contributed by atoms with Gasteiger partial charge in [0.15, 0.2) is 15.0 Å². The second kappa shape index (κ2) is 12.2. The van der Waals surface area contributed by atoms with Crippen molar-refractivity contribution in [2.75, 3.05) is 63.6 Å². The molecule has 216 valence electrons. The summed E-state index contributed by atoms with van der Waals surface area (Å²) in [6.45, 7) is 4.69. The van der Waals surface area contributed by atoms with E-state index < -0.39 is 19.9 Å². The number of amides is 1. The molecule has 0 radical (unpaired) electrons. The minimum absolute atomic E-state index is 0.121. The lowest BCUT2D eigenvalue weighted by molar-refractivity contribution is 0.0391. The van der Waals surface area contributed by atoms with Crippen molar-refractivity contribution in [2.24, 2.45) is 0 Å². The fraction of sp³-hybridized carbons (Fsp3) is 0.481. The van der Waals surface area contributed by atoms with Crippen molar-refractivity contribution in [3.8, 4) is 0 Å². The number of hydrogen-bond donors (Lipinski definition) is 0. The van der Waals surface area contributed by atoms with Gasteiger partial charge in [0.05, 0.1) is 27.7 Å². The van der Waals surface area contributed by atoms with Crippen molar-refractivity contribution in [1.82, 2.24) is 14.2 Å². The maximum Gasteiger partial charge on any atom is 0.260 e. The monoisotopic (exact) mass is 606 g/mol. The first-order valence-corrected chi connectivity index (χ1v) is 17.6. The van der Waals surface area contributed by atoms with E-state index in [9.17, 15) is 21.6 Å². The van der Waals surface area contributed by atoms with E-state index in [4.69, 9.17) is 4.74 Å². The van der Waals surface area contributed by atoms with E-state index in [-0.39, 0.29) is 15.7 Å². The van der Waals surface area contributed by atoms with Gasteiger partial charge in [0.1, 0.15) is 5.52 Å². The number of sulfonamides is 1. The average Bonchev–Trinajstić information content (AvgIpc) is 3.17.